The van der Waals surface area contributed by atoms with Crippen LogP contribution in [-0.2, 0) is 4.79 Å². The smallest absolute Gasteiger partial charge is 0.262 e. The van der Waals surface area contributed by atoms with Crippen molar-refractivity contribution >= 4 is 17.7 Å². The van der Waals surface area contributed by atoms with Crippen LogP contribution in [0.4, 0.5) is 8.78 Å². The maximum absolute atomic E-state index is 13.7. The number of nitrogens with zero attached hydrogens (tertiary/aromatic N) is 1. The number of halogens is 2. The van der Waals surface area contributed by atoms with E-state index < -0.39 is 41.9 Å². The molecule has 2 aromatic rings. The first-order valence-corrected chi connectivity index (χ1v) is 7.58. The number of imide groups is 1. The Kier molecular flexibility index (Phi) is 4.31. The molecule has 1 heterocycles. The summed E-state index contributed by atoms with van der Waals surface area (Å²) in [5, 5.41) is 2.50. The number of nitrogens with one attached hydrogen (secondary N) is 1. The molecule has 128 valence electrons. The van der Waals surface area contributed by atoms with Crippen molar-refractivity contribution < 1.29 is 23.2 Å². The molecule has 5 nitrogen and oxygen atoms in total. The maximum Gasteiger partial charge on any atom is 0.262 e. The van der Waals surface area contributed by atoms with E-state index in [4.69, 9.17) is 0 Å². The predicted molar refractivity (Wildman–Crippen MR) is 84.7 cm³/mol. The third kappa shape index (κ3) is 3.13. The van der Waals surface area contributed by atoms with Crippen molar-refractivity contribution in [1.29, 1.82) is 0 Å². The topological polar surface area (TPSA) is 66.5 Å². The van der Waals surface area contributed by atoms with Crippen molar-refractivity contribution in [1.82, 2.24) is 10.2 Å². The van der Waals surface area contributed by atoms with Gasteiger partial charge in [-0.2, -0.15) is 0 Å². The van der Waals surface area contributed by atoms with Crippen LogP contribution in [0.1, 0.15) is 39.2 Å². The Bertz CT molecular complexity index is 847. The number of benzene rings is 2. The van der Waals surface area contributed by atoms with Gasteiger partial charge in [0.25, 0.3) is 11.8 Å². The van der Waals surface area contributed by atoms with Crippen LogP contribution in [0.25, 0.3) is 0 Å². The van der Waals surface area contributed by atoms with Crippen LogP contribution in [0.3, 0.4) is 0 Å². The SMILES string of the molecule is C[C@@H](NC(=O)CN1C(=O)c2ccccc2C1=O)c1ccc(F)cc1F. The summed E-state index contributed by atoms with van der Waals surface area (Å²) < 4.78 is 26.7. The molecule has 0 saturated heterocycles. The number of carbonyl (C=O) groups excluding carboxylic acids is 3. The van der Waals surface area contributed by atoms with Crippen molar-refractivity contribution in [3.63, 3.8) is 0 Å². The molecule has 0 aromatic heterocycles. The van der Waals surface area contributed by atoms with E-state index >= 15 is 0 Å². The Morgan fingerprint density at radius 3 is 2.24 bits per heavy atom. The molecular weight excluding hydrogens is 330 g/mol. The highest BCUT2D eigenvalue weighted by molar-refractivity contribution is 6.22. The van der Waals surface area contributed by atoms with Crippen LogP contribution in [0.2, 0.25) is 0 Å². The average molecular weight is 344 g/mol. The van der Waals surface area contributed by atoms with Gasteiger partial charge in [0.15, 0.2) is 0 Å². The quantitative estimate of drug-likeness (QED) is 0.867. The van der Waals surface area contributed by atoms with Gasteiger partial charge in [-0.15, -0.1) is 0 Å². The molecule has 7 heteroatoms. The molecule has 0 spiro atoms. The van der Waals surface area contributed by atoms with Gasteiger partial charge in [0.2, 0.25) is 5.91 Å². The van der Waals surface area contributed by atoms with Crippen molar-refractivity contribution in [3.05, 3.63) is 70.8 Å². The van der Waals surface area contributed by atoms with Gasteiger partial charge in [-0.05, 0) is 25.1 Å². The zero-order valence-electron chi connectivity index (χ0n) is 13.3. The van der Waals surface area contributed by atoms with E-state index in [0.717, 1.165) is 17.0 Å². The Balaban J connectivity index is 1.69. The summed E-state index contributed by atoms with van der Waals surface area (Å²) in [7, 11) is 0. The number of carbonyl (C=O) groups is 3. The Morgan fingerprint density at radius 2 is 1.68 bits per heavy atom. The fourth-order valence-corrected chi connectivity index (χ4v) is 2.74. The monoisotopic (exact) mass is 344 g/mol. The number of hydrogen-bond acceptors (Lipinski definition) is 3. The van der Waals surface area contributed by atoms with Gasteiger partial charge >= 0.3 is 0 Å². The van der Waals surface area contributed by atoms with Gasteiger partial charge in [0.05, 0.1) is 17.2 Å². The zero-order chi connectivity index (χ0) is 18.1. The molecule has 0 bridgehead atoms. The molecule has 1 atom stereocenters. The van der Waals surface area contributed by atoms with Crippen LogP contribution in [0, 0.1) is 11.6 Å². The number of fused-ring (bicyclic) bond motifs is 1. The molecular formula is C18H14F2N2O3. The lowest BCUT2D eigenvalue weighted by atomic mass is 10.1. The molecule has 1 aliphatic heterocycles. The van der Waals surface area contributed by atoms with E-state index in [1.54, 1.807) is 12.1 Å². The zero-order valence-corrected chi connectivity index (χ0v) is 13.3. The second-order valence-corrected chi connectivity index (χ2v) is 5.70. The van der Waals surface area contributed by atoms with E-state index in [9.17, 15) is 23.2 Å². The Hall–Kier alpha value is -3.09. The van der Waals surface area contributed by atoms with Gasteiger partial charge in [0, 0.05) is 11.6 Å². The maximum atomic E-state index is 13.7. The molecule has 0 radical (unpaired) electrons. The van der Waals surface area contributed by atoms with Gasteiger partial charge in [-0.25, -0.2) is 8.78 Å². The molecule has 0 aliphatic carbocycles. The van der Waals surface area contributed by atoms with E-state index in [1.807, 2.05) is 0 Å². The standard InChI is InChI=1S/C18H14F2N2O3/c1-10(12-7-6-11(19)8-15(12)20)21-16(23)9-22-17(24)13-4-2-3-5-14(13)18(22)25/h2-8,10H,9H2,1H3,(H,21,23)/t10-/m1/s1. The molecule has 3 amide bonds. The van der Waals surface area contributed by atoms with Crippen LogP contribution in [-0.4, -0.2) is 29.2 Å². The van der Waals surface area contributed by atoms with Gasteiger partial charge in [0.1, 0.15) is 18.2 Å². The molecule has 25 heavy (non-hydrogen) atoms. The highest BCUT2D eigenvalue weighted by Crippen LogP contribution is 2.22. The minimum atomic E-state index is -0.784. The Morgan fingerprint density at radius 1 is 1.08 bits per heavy atom. The fourth-order valence-electron chi connectivity index (χ4n) is 2.74. The summed E-state index contributed by atoms with van der Waals surface area (Å²) in [5.74, 6) is -3.21. The highest BCUT2D eigenvalue weighted by atomic mass is 19.1. The van der Waals surface area contributed by atoms with E-state index in [-0.39, 0.29) is 16.7 Å². The first kappa shape index (κ1) is 16.8. The summed E-state index contributed by atoms with van der Waals surface area (Å²) >= 11 is 0. The summed E-state index contributed by atoms with van der Waals surface area (Å²) in [6.07, 6.45) is 0. The minimum Gasteiger partial charge on any atom is -0.348 e. The summed E-state index contributed by atoms with van der Waals surface area (Å²) in [5.41, 5.74) is 0.605. The molecule has 0 fully saturated rings. The van der Waals surface area contributed by atoms with Gasteiger partial charge in [-0.1, -0.05) is 18.2 Å². The Labute approximate surface area is 142 Å². The van der Waals surface area contributed by atoms with E-state index in [0.29, 0.717) is 0 Å². The van der Waals surface area contributed by atoms with Crippen molar-refractivity contribution in [2.75, 3.05) is 6.54 Å². The van der Waals surface area contributed by atoms with Crippen LogP contribution < -0.4 is 5.32 Å². The largest absolute Gasteiger partial charge is 0.348 e. The average Bonchev–Trinajstić information content (AvgIpc) is 2.80. The molecule has 1 N–H and O–H groups in total. The minimum absolute atomic E-state index is 0.108. The molecule has 2 aromatic carbocycles. The lowest BCUT2D eigenvalue weighted by molar-refractivity contribution is -0.122. The molecule has 0 unspecified atom stereocenters. The first-order valence-electron chi connectivity index (χ1n) is 7.58. The molecule has 1 aliphatic rings. The summed E-state index contributed by atoms with van der Waals surface area (Å²) in [6, 6.07) is 8.60. The third-order valence-corrected chi connectivity index (χ3v) is 3.99. The summed E-state index contributed by atoms with van der Waals surface area (Å²) in [6.45, 7) is 1.05. The first-order chi connectivity index (χ1) is 11.9. The highest BCUT2D eigenvalue weighted by Gasteiger charge is 2.36. The van der Waals surface area contributed by atoms with Crippen molar-refractivity contribution in [3.8, 4) is 0 Å². The fraction of sp³-hybridized carbons (Fsp3) is 0.167. The molecule has 3 rings (SSSR count). The second-order valence-electron chi connectivity index (χ2n) is 5.70. The van der Waals surface area contributed by atoms with Gasteiger partial charge in [-0.3, -0.25) is 19.3 Å². The van der Waals surface area contributed by atoms with Crippen LogP contribution in [0.5, 0.6) is 0 Å². The van der Waals surface area contributed by atoms with Crippen LogP contribution in [0.15, 0.2) is 42.5 Å². The van der Waals surface area contributed by atoms with Crippen molar-refractivity contribution in [2.45, 2.75) is 13.0 Å². The second kappa shape index (κ2) is 6.43. The summed E-state index contributed by atoms with van der Waals surface area (Å²) in [4.78, 5) is 37.4. The lowest BCUT2D eigenvalue weighted by Gasteiger charge is -2.18. The normalized spacial score (nSPS) is 14.4. The van der Waals surface area contributed by atoms with Crippen molar-refractivity contribution in [2.24, 2.45) is 0 Å². The van der Waals surface area contributed by atoms with Gasteiger partial charge < -0.3 is 5.32 Å². The van der Waals surface area contributed by atoms with E-state index in [1.165, 1.54) is 25.1 Å². The molecule has 0 saturated carbocycles. The number of rotatable bonds is 4. The lowest BCUT2D eigenvalue weighted by Crippen LogP contribution is -2.41. The number of amides is 3. The third-order valence-electron chi connectivity index (χ3n) is 3.99. The predicted octanol–water partition coefficient (Wildman–Crippen LogP) is 2.44. The number of hydrogen-bond donors (Lipinski definition) is 1. The van der Waals surface area contributed by atoms with E-state index in [2.05, 4.69) is 5.32 Å². The van der Waals surface area contributed by atoms with Crippen LogP contribution >= 0.6 is 0 Å².